The van der Waals surface area contributed by atoms with Crippen LogP contribution in [0.3, 0.4) is 0 Å². The van der Waals surface area contributed by atoms with Gasteiger partial charge >= 0.3 is 0 Å². The van der Waals surface area contributed by atoms with Gasteiger partial charge in [0.25, 0.3) is 0 Å². The highest BCUT2D eigenvalue weighted by Crippen LogP contribution is 2.18. The summed E-state index contributed by atoms with van der Waals surface area (Å²) in [6.07, 6.45) is 3.59. The van der Waals surface area contributed by atoms with Gasteiger partial charge in [0.05, 0.1) is 12.6 Å². The van der Waals surface area contributed by atoms with Crippen molar-refractivity contribution in [3.05, 3.63) is 29.3 Å². The van der Waals surface area contributed by atoms with Crippen molar-refractivity contribution in [2.75, 3.05) is 19.7 Å². The zero-order valence-corrected chi connectivity index (χ0v) is 15.1. The number of hydrogen-bond donors (Lipinski definition) is 3. The van der Waals surface area contributed by atoms with Crippen molar-refractivity contribution in [3.8, 4) is 5.75 Å². The van der Waals surface area contributed by atoms with Crippen LogP contribution in [0.2, 0.25) is 0 Å². The van der Waals surface area contributed by atoms with Crippen LogP contribution in [0.1, 0.15) is 43.7 Å². The molecule has 134 valence electrons. The molecular weight excluding hydrogens is 302 g/mol. The lowest BCUT2D eigenvalue weighted by Crippen LogP contribution is -2.45. The van der Waals surface area contributed by atoms with Crippen LogP contribution in [-0.2, 0) is 0 Å². The summed E-state index contributed by atoms with van der Waals surface area (Å²) in [4.78, 5) is 4.59. The molecular formula is C19H31N3O2. The Hall–Kier alpha value is -1.75. The molecule has 3 N–H and O–H groups in total. The molecule has 1 aromatic carbocycles. The Morgan fingerprint density at radius 2 is 1.83 bits per heavy atom. The zero-order chi connectivity index (χ0) is 17.4. The number of benzene rings is 1. The number of aliphatic hydroxyl groups is 1. The van der Waals surface area contributed by atoms with E-state index in [-0.39, 0.29) is 6.10 Å². The van der Waals surface area contributed by atoms with Crippen molar-refractivity contribution in [3.63, 3.8) is 0 Å². The summed E-state index contributed by atoms with van der Waals surface area (Å²) in [5.41, 5.74) is 2.42. The average molecular weight is 333 g/mol. The van der Waals surface area contributed by atoms with Gasteiger partial charge in [-0.05, 0) is 69.7 Å². The number of aryl methyl sites for hydroxylation is 2. The molecule has 0 heterocycles. The lowest BCUT2D eigenvalue weighted by Gasteiger charge is -2.27. The quantitative estimate of drug-likeness (QED) is 0.425. The minimum Gasteiger partial charge on any atom is -0.492 e. The molecule has 1 fully saturated rings. The van der Waals surface area contributed by atoms with Crippen molar-refractivity contribution >= 4 is 5.96 Å². The number of guanidine groups is 1. The maximum Gasteiger partial charge on any atom is 0.191 e. The number of rotatable bonds is 6. The third-order valence-corrected chi connectivity index (χ3v) is 4.21. The first-order valence-electron chi connectivity index (χ1n) is 9.01. The van der Waals surface area contributed by atoms with Gasteiger partial charge in [0.15, 0.2) is 5.96 Å². The molecule has 1 saturated carbocycles. The Kier molecular flexibility index (Phi) is 7.37. The Labute approximate surface area is 145 Å². The number of aliphatic hydroxyl groups excluding tert-OH is 1. The van der Waals surface area contributed by atoms with Crippen LogP contribution in [-0.4, -0.2) is 42.9 Å². The number of ether oxygens (including phenoxy) is 1. The van der Waals surface area contributed by atoms with E-state index in [2.05, 4.69) is 42.5 Å². The highest BCUT2D eigenvalue weighted by Gasteiger charge is 2.19. The second-order valence-electron chi connectivity index (χ2n) is 6.58. The summed E-state index contributed by atoms with van der Waals surface area (Å²) < 4.78 is 5.80. The minimum atomic E-state index is -0.131. The van der Waals surface area contributed by atoms with E-state index in [0.717, 1.165) is 43.9 Å². The first-order valence-corrected chi connectivity index (χ1v) is 9.01. The predicted octanol–water partition coefficient (Wildman–Crippen LogP) is 2.54. The lowest BCUT2D eigenvalue weighted by molar-refractivity contribution is 0.120. The Bertz CT molecular complexity index is 517. The monoisotopic (exact) mass is 333 g/mol. The van der Waals surface area contributed by atoms with Gasteiger partial charge in [0, 0.05) is 12.6 Å². The predicted molar refractivity (Wildman–Crippen MR) is 98.8 cm³/mol. The van der Waals surface area contributed by atoms with Crippen molar-refractivity contribution in [1.82, 2.24) is 10.6 Å². The summed E-state index contributed by atoms with van der Waals surface area (Å²) in [6, 6.07) is 6.63. The van der Waals surface area contributed by atoms with Crippen molar-refractivity contribution in [1.29, 1.82) is 0 Å². The van der Waals surface area contributed by atoms with E-state index >= 15 is 0 Å². The molecule has 0 aromatic heterocycles. The maximum absolute atomic E-state index is 9.59. The molecule has 1 aliphatic carbocycles. The topological polar surface area (TPSA) is 65.9 Å². The largest absolute Gasteiger partial charge is 0.492 e. The zero-order valence-electron chi connectivity index (χ0n) is 15.1. The molecule has 0 amide bonds. The molecule has 0 saturated heterocycles. The van der Waals surface area contributed by atoms with Crippen LogP contribution in [0, 0.1) is 13.8 Å². The molecule has 1 aromatic rings. The molecule has 0 radical (unpaired) electrons. The van der Waals surface area contributed by atoms with Crippen LogP contribution < -0.4 is 15.4 Å². The van der Waals surface area contributed by atoms with Crippen molar-refractivity contribution in [2.45, 2.75) is 58.6 Å². The third-order valence-electron chi connectivity index (χ3n) is 4.21. The summed E-state index contributed by atoms with van der Waals surface area (Å²) in [5.74, 6) is 1.74. The van der Waals surface area contributed by atoms with E-state index in [1.807, 2.05) is 12.1 Å². The van der Waals surface area contributed by atoms with Crippen molar-refractivity contribution < 1.29 is 9.84 Å². The van der Waals surface area contributed by atoms with Crippen LogP contribution in [0.15, 0.2) is 23.2 Å². The average Bonchev–Trinajstić information content (AvgIpc) is 2.53. The molecule has 2 rings (SSSR count). The molecule has 5 heteroatoms. The maximum atomic E-state index is 9.59. The first kappa shape index (κ1) is 18.6. The van der Waals surface area contributed by atoms with E-state index in [1.54, 1.807) is 0 Å². The van der Waals surface area contributed by atoms with Crippen LogP contribution >= 0.6 is 0 Å². The standard InChI is InChI=1S/C19H31N3O2/c1-4-20-19(22-16-5-7-17(23)8-6-16)21-9-10-24-18-12-14(2)11-15(3)13-18/h11-13,16-17,23H,4-10H2,1-3H3,(H2,20,21,22). The van der Waals surface area contributed by atoms with Gasteiger partial charge in [0.2, 0.25) is 0 Å². The molecule has 0 bridgehead atoms. The van der Waals surface area contributed by atoms with Crippen LogP contribution in [0.4, 0.5) is 0 Å². The molecule has 0 aliphatic heterocycles. The van der Waals surface area contributed by atoms with Crippen molar-refractivity contribution in [2.24, 2.45) is 4.99 Å². The normalized spacial score (nSPS) is 21.4. The molecule has 24 heavy (non-hydrogen) atoms. The summed E-state index contributed by atoms with van der Waals surface area (Å²) in [7, 11) is 0. The highest BCUT2D eigenvalue weighted by molar-refractivity contribution is 5.80. The van der Waals surface area contributed by atoms with Gasteiger partial charge in [-0.15, -0.1) is 0 Å². The van der Waals surface area contributed by atoms with E-state index in [0.29, 0.717) is 19.2 Å². The molecule has 1 aliphatic rings. The van der Waals surface area contributed by atoms with E-state index in [4.69, 9.17) is 4.74 Å². The molecule has 5 nitrogen and oxygen atoms in total. The van der Waals surface area contributed by atoms with E-state index < -0.39 is 0 Å². The lowest BCUT2D eigenvalue weighted by atomic mass is 9.93. The molecule has 0 spiro atoms. The van der Waals surface area contributed by atoms with Gasteiger partial charge in [0.1, 0.15) is 12.4 Å². The number of nitrogens with one attached hydrogen (secondary N) is 2. The summed E-state index contributed by atoms with van der Waals surface area (Å²) in [5, 5.41) is 16.3. The second-order valence-corrected chi connectivity index (χ2v) is 6.58. The third kappa shape index (κ3) is 6.40. The highest BCUT2D eigenvalue weighted by atomic mass is 16.5. The van der Waals surface area contributed by atoms with E-state index in [9.17, 15) is 5.11 Å². The number of aliphatic imine (C=N–C) groups is 1. The SMILES string of the molecule is CCNC(=NCCOc1cc(C)cc(C)c1)NC1CCC(O)CC1. The first-order chi connectivity index (χ1) is 11.6. The smallest absolute Gasteiger partial charge is 0.191 e. The number of hydrogen-bond acceptors (Lipinski definition) is 3. The fourth-order valence-corrected chi connectivity index (χ4v) is 3.07. The Morgan fingerprint density at radius 3 is 2.46 bits per heavy atom. The van der Waals surface area contributed by atoms with Gasteiger partial charge in [-0.1, -0.05) is 6.07 Å². The van der Waals surface area contributed by atoms with Gasteiger partial charge in [-0.3, -0.25) is 0 Å². The fourth-order valence-electron chi connectivity index (χ4n) is 3.07. The van der Waals surface area contributed by atoms with Gasteiger partial charge in [-0.2, -0.15) is 0 Å². The fraction of sp³-hybridized carbons (Fsp3) is 0.632. The van der Waals surface area contributed by atoms with Crippen LogP contribution in [0.5, 0.6) is 5.75 Å². The minimum absolute atomic E-state index is 0.131. The summed E-state index contributed by atoms with van der Waals surface area (Å²) in [6.45, 7) is 8.21. The summed E-state index contributed by atoms with van der Waals surface area (Å²) >= 11 is 0. The van der Waals surface area contributed by atoms with Gasteiger partial charge < -0.3 is 20.5 Å². The van der Waals surface area contributed by atoms with Gasteiger partial charge in [-0.25, -0.2) is 4.99 Å². The Balaban J connectivity index is 1.79. The molecule has 0 unspecified atom stereocenters. The van der Waals surface area contributed by atoms with E-state index in [1.165, 1.54) is 11.1 Å². The molecule has 0 atom stereocenters. The second kappa shape index (κ2) is 9.52. The number of nitrogens with zero attached hydrogens (tertiary/aromatic N) is 1. The Morgan fingerprint density at radius 1 is 1.17 bits per heavy atom. The van der Waals surface area contributed by atoms with Crippen LogP contribution in [0.25, 0.3) is 0 Å².